The molecule has 160 valence electrons. The number of anilines is 1. The number of benzene rings is 1. The number of aromatic amines is 1. The van der Waals surface area contributed by atoms with E-state index in [0.717, 1.165) is 0 Å². The Morgan fingerprint density at radius 1 is 1.07 bits per heavy atom. The predicted molar refractivity (Wildman–Crippen MR) is 108 cm³/mol. The van der Waals surface area contributed by atoms with E-state index in [1.165, 1.54) is 24.4 Å². The SMILES string of the molecule is Cl.Cl.O=C(NCc1cccnc1F)c1cc(NC(=O)c2cc(F)c(F)cc2Cl)n[nH]1. The summed E-state index contributed by atoms with van der Waals surface area (Å²) in [5, 5.41) is 10.6. The van der Waals surface area contributed by atoms with E-state index < -0.39 is 29.4 Å². The average Bonchev–Trinajstić information content (AvgIpc) is 3.12. The highest BCUT2D eigenvalue weighted by atomic mass is 35.5. The first-order valence-corrected chi connectivity index (χ1v) is 8.12. The first kappa shape index (κ1) is 25.2. The minimum Gasteiger partial charge on any atom is -0.346 e. The number of halogens is 6. The molecule has 2 amide bonds. The minimum absolute atomic E-state index is 0. The van der Waals surface area contributed by atoms with Crippen LogP contribution in [-0.4, -0.2) is 27.0 Å². The summed E-state index contributed by atoms with van der Waals surface area (Å²) in [4.78, 5) is 27.7. The molecular weight excluding hydrogens is 470 g/mol. The molecule has 0 spiro atoms. The first-order valence-electron chi connectivity index (χ1n) is 7.74. The van der Waals surface area contributed by atoms with Gasteiger partial charge < -0.3 is 10.6 Å². The van der Waals surface area contributed by atoms with Crippen LogP contribution in [0, 0.1) is 17.6 Å². The van der Waals surface area contributed by atoms with Gasteiger partial charge in [-0.05, 0) is 18.2 Å². The molecule has 2 aromatic heterocycles. The molecule has 0 fully saturated rings. The Labute approximate surface area is 185 Å². The highest BCUT2D eigenvalue weighted by molar-refractivity contribution is 6.34. The van der Waals surface area contributed by atoms with Gasteiger partial charge in [0.2, 0.25) is 5.95 Å². The van der Waals surface area contributed by atoms with Gasteiger partial charge in [-0.1, -0.05) is 17.7 Å². The standard InChI is InChI=1S/C17H11ClF3N5O2.2ClH/c18-10-5-12(20)11(19)4-9(10)16(27)24-14-6-13(25-26-14)17(28)23-7-8-2-1-3-22-15(8)21;;/h1-6H,7H2,(H,23,28)(H2,24,25,26,27);2*1H. The average molecular weight is 483 g/mol. The molecule has 0 unspecified atom stereocenters. The Kier molecular flexibility index (Phi) is 9.09. The van der Waals surface area contributed by atoms with Crippen molar-refractivity contribution < 1.29 is 22.8 Å². The molecule has 0 aliphatic carbocycles. The smallest absolute Gasteiger partial charge is 0.269 e. The lowest BCUT2D eigenvalue weighted by Gasteiger charge is -2.05. The molecule has 0 atom stereocenters. The molecule has 0 radical (unpaired) electrons. The maximum atomic E-state index is 13.4. The van der Waals surface area contributed by atoms with Crippen LogP contribution < -0.4 is 10.6 Å². The number of carbonyl (C=O) groups excluding carboxylic acids is 2. The van der Waals surface area contributed by atoms with E-state index in [1.807, 2.05) is 0 Å². The van der Waals surface area contributed by atoms with Gasteiger partial charge in [-0.15, -0.1) is 24.8 Å². The summed E-state index contributed by atoms with van der Waals surface area (Å²) in [5.41, 5.74) is -0.130. The van der Waals surface area contributed by atoms with E-state index >= 15 is 0 Å². The molecule has 30 heavy (non-hydrogen) atoms. The lowest BCUT2D eigenvalue weighted by molar-refractivity contribution is 0.0944. The van der Waals surface area contributed by atoms with Crippen LogP contribution in [0.3, 0.4) is 0 Å². The third-order valence-corrected chi connectivity index (χ3v) is 3.91. The molecule has 3 rings (SSSR count). The second kappa shape index (κ2) is 10.8. The van der Waals surface area contributed by atoms with Crippen LogP contribution in [0.2, 0.25) is 5.02 Å². The number of rotatable bonds is 5. The number of hydrogen-bond acceptors (Lipinski definition) is 4. The lowest BCUT2D eigenvalue weighted by Crippen LogP contribution is -2.23. The van der Waals surface area contributed by atoms with Gasteiger partial charge in [-0.25, -0.2) is 13.8 Å². The number of nitrogens with one attached hydrogen (secondary N) is 3. The zero-order chi connectivity index (χ0) is 20.3. The Bertz CT molecular complexity index is 1060. The molecule has 3 aromatic rings. The lowest BCUT2D eigenvalue weighted by atomic mass is 10.2. The Morgan fingerprint density at radius 2 is 1.77 bits per heavy atom. The molecule has 3 N–H and O–H groups in total. The second-order valence-electron chi connectivity index (χ2n) is 5.50. The maximum absolute atomic E-state index is 13.4. The van der Waals surface area contributed by atoms with Crippen LogP contribution in [0.5, 0.6) is 0 Å². The number of carbonyl (C=O) groups is 2. The molecule has 1 aromatic carbocycles. The molecule has 0 saturated carbocycles. The van der Waals surface area contributed by atoms with Gasteiger partial charge in [0.25, 0.3) is 11.8 Å². The van der Waals surface area contributed by atoms with Gasteiger partial charge in [0.05, 0.1) is 10.6 Å². The predicted octanol–water partition coefficient (Wildman–Crippen LogP) is 3.90. The summed E-state index contributed by atoms with van der Waals surface area (Å²) >= 11 is 5.73. The number of nitrogens with zero attached hydrogens (tertiary/aromatic N) is 2. The number of hydrogen-bond donors (Lipinski definition) is 3. The Hall–Kier alpha value is -2.82. The topological polar surface area (TPSA) is 99.8 Å². The zero-order valence-corrected chi connectivity index (χ0v) is 17.1. The van der Waals surface area contributed by atoms with Gasteiger partial charge >= 0.3 is 0 Å². The van der Waals surface area contributed by atoms with Crippen LogP contribution in [0.25, 0.3) is 0 Å². The number of H-pyrrole nitrogens is 1. The van der Waals surface area contributed by atoms with Crippen LogP contribution >= 0.6 is 36.4 Å². The van der Waals surface area contributed by atoms with Crippen LogP contribution in [0.15, 0.2) is 36.5 Å². The van der Waals surface area contributed by atoms with Gasteiger partial charge in [-0.3, -0.25) is 14.7 Å². The van der Waals surface area contributed by atoms with Crippen molar-refractivity contribution >= 4 is 54.0 Å². The van der Waals surface area contributed by atoms with Crippen molar-refractivity contribution in [3.63, 3.8) is 0 Å². The minimum atomic E-state index is -1.24. The molecule has 2 heterocycles. The van der Waals surface area contributed by atoms with Crippen molar-refractivity contribution in [2.75, 3.05) is 5.32 Å². The Morgan fingerprint density at radius 3 is 2.47 bits per heavy atom. The fraction of sp³-hybridized carbons (Fsp3) is 0.0588. The highest BCUT2D eigenvalue weighted by Gasteiger charge is 2.17. The summed E-state index contributed by atoms with van der Waals surface area (Å²) < 4.78 is 39.8. The van der Waals surface area contributed by atoms with E-state index in [-0.39, 0.29) is 59.0 Å². The van der Waals surface area contributed by atoms with Gasteiger partial charge in [-0.2, -0.15) is 9.49 Å². The molecule has 0 saturated heterocycles. The van der Waals surface area contributed by atoms with Gasteiger partial charge in [0.15, 0.2) is 17.5 Å². The van der Waals surface area contributed by atoms with E-state index in [1.54, 1.807) is 0 Å². The molecule has 0 aliphatic rings. The summed E-state index contributed by atoms with van der Waals surface area (Å²) in [6, 6.07) is 5.52. The molecule has 0 bridgehead atoms. The fourth-order valence-corrected chi connectivity index (χ4v) is 2.44. The molecule has 0 aliphatic heterocycles. The number of amides is 2. The van der Waals surface area contributed by atoms with Gasteiger partial charge in [0, 0.05) is 24.4 Å². The van der Waals surface area contributed by atoms with Crippen molar-refractivity contribution in [3.8, 4) is 0 Å². The van der Waals surface area contributed by atoms with Crippen molar-refractivity contribution in [2.45, 2.75) is 6.54 Å². The van der Waals surface area contributed by atoms with Crippen molar-refractivity contribution in [1.29, 1.82) is 0 Å². The summed E-state index contributed by atoms with van der Waals surface area (Å²) in [5.74, 6) is -4.64. The van der Waals surface area contributed by atoms with Crippen molar-refractivity contribution in [1.82, 2.24) is 20.5 Å². The van der Waals surface area contributed by atoms with Crippen LogP contribution in [0.1, 0.15) is 26.4 Å². The van der Waals surface area contributed by atoms with Gasteiger partial charge in [0.1, 0.15) is 5.69 Å². The maximum Gasteiger partial charge on any atom is 0.269 e. The third-order valence-electron chi connectivity index (χ3n) is 3.59. The molecule has 13 heteroatoms. The van der Waals surface area contributed by atoms with Crippen LogP contribution in [-0.2, 0) is 6.54 Å². The highest BCUT2D eigenvalue weighted by Crippen LogP contribution is 2.21. The van der Waals surface area contributed by atoms with E-state index in [0.29, 0.717) is 12.1 Å². The quantitative estimate of drug-likeness (QED) is 0.379. The summed E-state index contributed by atoms with van der Waals surface area (Å²) in [6.45, 7) is -0.107. The Balaban J connectivity index is 0.00000225. The van der Waals surface area contributed by atoms with Crippen molar-refractivity contribution in [3.05, 3.63) is 76.0 Å². The first-order chi connectivity index (χ1) is 13.3. The fourth-order valence-electron chi connectivity index (χ4n) is 2.20. The molecular formula is C17H13Cl3F3N5O2. The summed E-state index contributed by atoms with van der Waals surface area (Å²) in [6.07, 6.45) is 1.28. The van der Waals surface area contributed by atoms with E-state index in [9.17, 15) is 22.8 Å². The monoisotopic (exact) mass is 481 g/mol. The normalized spacial score (nSPS) is 9.87. The number of pyridine rings is 1. The van der Waals surface area contributed by atoms with E-state index in [4.69, 9.17) is 11.6 Å². The largest absolute Gasteiger partial charge is 0.346 e. The summed E-state index contributed by atoms with van der Waals surface area (Å²) in [7, 11) is 0. The molecule has 7 nitrogen and oxygen atoms in total. The van der Waals surface area contributed by atoms with E-state index in [2.05, 4.69) is 25.8 Å². The number of aromatic nitrogens is 3. The van der Waals surface area contributed by atoms with Crippen molar-refractivity contribution in [2.24, 2.45) is 0 Å². The van der Waals surface area contributed by atoms with Crippen LogP contribution in [0.4, 0.5) is 19.0 Å². The second-order valence-corrected chi connectivity index (χ2v) is 5.91. The zero-order valence-electron chi connectivity index (χ0n) is 14.7. The third kappa shape index (κ3) is 5.85.